The van der Waals surface area contributed by atoms with Gasteiger partial charge in [0.1, 0.15) is 11.8 Å². The fourth-order valence-corrected chi connectivity index (χ4v) is 3.03. The molecule has 7 nitrogen and oxygen atoms in total. The van der Waals surface area contributed by atoms with E-state index < -0.39 is 0 Å². The zero-order chi connectivity index (χ0) is 17.8. The van der Waals surface area contributed by atoms with E-state index in [1.54, 1.807) is 25.3 Å². The van der Waals surface area contributed by atoms with E-state index in [4.69, 9.17) is 9.68 Å². The number of anilines is 2. The van der Waals surface area contributed by atoms with Gasteiger partial charge in [-0.25, -0.2) is 4.98 Å². The molecule has 130 valence electrons. The van der Waals surface area contributed by atoms with Gasteiger partial charge in [-0.05, 0) is 37.8 Å². The van der Waals surface area contributed by atoms with Crippen LogP contribution in [-0.2, 0) is 0 Å². The van der Waals surface area contributed by atoms with Crippen molar-refractivity contribution in [1.82, 2.24) is 4.98 Å². The Kier molecular flexibility index (Phi) is 5.00. The molecule has 0 atom stereocenters. The van der Waals surface area contributed by atoms with Crippen molar-refractivity contribution in [2.45, 2.75) is 19.8 Å². The molecule has 1 saturated heterocycles. The van der Waals surface area contributed by atoms with Gasteiger partial charge in [0.15, 0.2) is 5.82 Å². The maximum absolute atomic E-state index is 12.5. The Bertz CT molecular complexity index is 801. The summed E-state index contributed by atoms with van der Waals surface area (Å²) in [7, 11) is 0. The van der Waals surface area contributed by atoms with Gasteiger partial charge in [-0.1, -0.05) is 0 Å². The van der Waals surface area contributed by atoms with Crippen molar-refractivity contribution >= 4 is 17.4 Å². The maximum atomic E-state index is 12.5. The molecule has 1 aliphatic heterocycles. The summed E-state index contributed by atoms with van der Waals surface area (Å²) in [5, 5.41) is 21.0. The van der Waals surface area contributed by atoms with E-state index in [9.17, 15) is 9.90 Å². The molecular weight excluding hydrogens is 320 g/mol. The Balaban J connectivity index is 1.78. The van der Waals surface area contributed by atoms with Crippen LogP contribution in [0.2, 0.25) is 0 Å². The van der Waals surface area contributed by atoms with Crippen molar-refractivity contribution in [3.63, 3.8) is 0 Å². The summed E-state index contributed by atoms with van der Waals surface area (Å²) in [6, 6.07) is 6.90. The predicted molar refractivity (Wildman–Crippen MR) is 92.4 cm³/mol. The minimum absolute atomic E-state index is 0.111. The monoisotopic (exact) mass is 340 g/mol. The SMILES string of the molecule is Cc1oc(C#N)cc1C(=O)Nc1cccnc1N1CCC(CO)CC1. The Labute approximate surface area is 145 Å². The molecule has 1 fully saturated rings. The van der Waals surface area contributed by atoms with Gasteiger partial charge in [-0.2, -0.15) is 5.26 Å². The lowest BCUT2D eigenvalue weighted by Gasteiger charge is -2.33. The zero-order valence-corrected chi connectivity index (χ0v) is 14.0. The lowest BCUT2D eigenvalue weighted by molar-refractivity contribution is 0.102. The molecule has 3 heterocycles. The van der Waals surface area contributed by atoms with Crippen LogP contribution in [0, 0.1) is 24.2 Å². The Hall–Kier alpha value is -2.85. The standard InChI is InChI=1S/C18H20N4O3/c1-12-15(9-14(10-19)25-12)18(24)21-16-3-2-6-20-17(16)22-7-4-13(11-23)5-8-22/h2-3,6,9,13,23H,4-5,7-8,11H2,1H3,(H,21,24). The molecule has 2 aromatic rings. The van der Waals surface area contributed by atoms with Gasteiger partial charge < -0.3 is 19.7 Å². The average Bonchev–Trinajstić information content (AvgIpc) is 3.03. The van der Waals surface area contributed by atoms with Crippen LogP contribution in [0.3, 0.4) is 0 Å². The van der Waals surface area contributed by atoms with E-state index in [0.717, 1.165) is 25.9 Å². The summed E-state index contributed by atoms with van der Waals surface area (Å²) in [6.45, 7) is 3.43. The number of nitriles is 1. The third-order valence-electron chi connectivity index (χ3n) is 4.48. The number of hydrogen-bond donors (Lipinski definition) is 2. The van der Waals surface area contributed by atoms with Crippen molar-refractivity contribution in [3.05, 3.63) is 41.5 Å². The first kappa shape index (κ1) is 17.0. The quantitative estimate of drug-likeness (QED) is 0.885. The number of furan rings is 1. The van der Waals surface area contributed by atoms with E-state index in [2.05, 4.69) is 15.2 Å². The van der Waals surface area contributed by atoms with Crippen LogP contribution in [-0.4, -0.2) is 35.7 Å². The molecule has 0 unspecified atom stereocenters. The third kappa shape index (κ3) is 3.64. The summed E-state index contributed by atoms with van der Waals surface area (Å²) in [5.74, 6) is 1.23. The first-order valence-corrected chi connectivity index (χ1v) is 8.25. The molecule has 1 aliphatic rings. The number of aliphatic hydroxyl groups excluding tert-OH is 1. The average molecular weight is 340 g/mol. The highest BCUT2D eigenvalue weighted by Crippen LogP contribution is 2.28. The van der Waals surface area contributed by atoms with Crippen molar-refractivity contribution in [2.75, 3.05) is 29.9 Å². The number of aryl methyl sites for hydroxylation is 1. The number of nitrogens with one attached hydrogen (secondary N) is 1. The molecule has 1 amide bonds. The molecule has 3 rings (SSSR count). The molecule has 25 heavy (non-hydrogen) atoms. The molecule has 7 heteroatoms. The highest BCUT2D eigenvalue weighted by Gasteiger charge is 2.23. The molecular formula is C18H20N4O3. The number of piperidine rings is 1. The lowest BCUT2D eigenvalue weighted by atomic mass is 9.98. The summed E-state index contributed by atoms with van der Waals surface area (Å²) < 4.78 is 5.22. The molecule has 2 N–H and O–H groups in total. The zero-order valence-electron chi connectivity index (χ0n) is 14.0. The number of amides is 1. The number of pyridine rings is 1. The lowest BCUT2D eigenvalue weighted by Crippen LogP contribution is -2.35. The van der Waals surface area contributed by atoms with Crippen LogP contribution in [0.25, 0.3) is 0 Å². The highest BCUT2D eigenvalue weighted by atomic mass is 16.3. The van der Waals surface area contributed by atoms with Crippen molar-refractivity contribution in [2.24, 2.45) is 5.92 Å². The Morgan fingerprint density at radius 1 is 1.52 bits per heavy atom. The molecule has 0 bridgehead atoms. The van der Waals surface area contributed by atoms with Gasteiger partial charge in [0, 0.05) is 32.0 Å². The van der Waals surface area contributed by atoms with Crippen molar-refractivity contribution in [1.29, 1.82) is 5.26 Å². The second-order valence-electron chi connectivity index (χ2n) is 6.13. The van der Waals surface area contributed by atoms with E-state index in [-0.39, 0.29) is 18.3 Å². The maximum Gasteiger partial charge on any atom is 0.259 e. The fraction of sp³-hybridized carbons (Fsp3) is 0.389. The van der Waals surface area contributed by atoms with Gasteiger partial charge in [0.25, 0.3) is 5.91 Å². The summed E-state index contributed by atoms with van der Waals surface area (Å²) in [5.41, 5.74) is 0.958. The summed E-state index contributed by atoms with van der Waals surface area (Å²) in [4.78, 5) is 19.1. The van der Waals surface area contributed by atoms with Gasteiger partial charge in [-0.15, -0.1) is 0 Å². The molecule has 0 saturated carbocycles. The van der Waals surface area contributed by atoms with Crippen LogP contribution >= 0.6 is 0 Å². The molecule has 0 radical (unpaired) electrons. The van der Waals surface area contributed by atoms with Crippen LogP contribution in [0.4, 0.5) is 11.5 Å². The van der Waals surface area contributed by atoms with Crippen molar-refractivity contribution in [3.8, 4) is 6.07 Å². The smallest absolute Gasteiger partial charge is 0.259 e. The molecule has 0 aliphatic carbocycles. The van der Waals surface area contributed by atoms with Gasteiger partial charge in [0.2, 0.25) is 5.76 Å². The minimum Gasteiger partial charge on any atom is -0.450 e. The second kappa shape index (κ2) is 7.36. The number of carbonyl (C=O) groups is 1. The normalized spacial score (nSPS) is 15.0. The second-order valence-corrected chi connectivity index (χ2v) is 6.13. The van der Waals surface area contributed by atoms with Crippen molar-refractivity contribution < 1.29 is 14.3 Å². The van der Waals surface area contributed by atoms with Crippen LogP contribution in [0.1, 0.15) is 34.7 Å². The number of carbonyl (C=O) groups excluding carboxylic acids is 1. The van der Waals surface area contributed by atoms with Gasteiger partial charge in [-0.3, -0.25) is 4.79 Å². The fourth-order valence-electron chi connectivity index (χ4n) is 3.03. The number of hydrogen-bond acceptors (Lipinski definition) is 6. The number of aromatic nitrogens is 1. The first-order chi connectivity index (χ1) is 12.1. The van der Waals surface area contributed by atoms with E-state index >= 15 is 0 Å². The molecule has 2 aromatic heterocycles. The largest absolute Gasteiger partial charge is 0.450 e. The van der Waals surface area contributed by atoms with E-state index in [1.807, 2.05) is 6.07 Å². The Morgan fingerprint density at radius 2 is 2.28 bits per heavy atom. The Morgan fingerprint density at radius 3 is 2.92 bits per heavy atom. The summed E-state index contributed by atoms with van der Waals surface area (Å²) >= 11 is 0. The van der Waals surface area contributed by atoms with Crippen LogP contribution in [0.15, 0.2) is 28.8 Å². The van der Waals surface area contributed by atoms with E-state index in [1.165, 1.54) is 6.07 Å². The molecule has 0 aromatic carbocycles. The minimum atomic E-state index is -0.331. The number of rotatable bonds is 4. The number of aliphatic hydroxyl groups is 1. The topological polar surface area (TPSA) is 102 Å². The van der Waals surface area contributed by atoms with E-state index in [0.29, 0.717) is 28.7 Å². The number of nitrogens with zero attached hydrogens (tertiary/aromatic N) is 3. The predicted octanol–water partition coefficient (Wildman–Crippen LogP) is 2.32. The summed E-state index contributed by atoms with van der Waals surface area (Å²) in [6.07, 6.45) is 3.49. The first-order valence-electron chi connectivity index (χ1n) is 8.25. The third-order valence-corrected chi connectivity index (χ3v) is 4.48. The van der Waals surface area contributed by atoms with Gasteiger partial charge in [0.05, 0.1) is 11.3 Å². The molecule has 0 spiro atoms. The highest BCUT2D eigenvalue weighted by molar-refractivity contribution is 6.06. The van der Waals surface area contributed by atoms with Crippen LogP contribution < -0.4 is 10.2 Å². The van der Waals surface area contributed by atoms with Crippen LogP contribution in [0.5, 0.6) is 0 Å². The van der Waals surface area contributed by atoms with Gasteiger partial charge >= 0.3 is 0 Å².